The molecular weight excluding hydrogens is 96.9 g/mol. The normalized spacial score (nSPS) is 18.4. The number of unbranched alkanes of at least 4 members (excludes halogenated alkanes) is 1. The lowest BCUT2D eigenvalue weighted by molar-refractivity contribution is 0.796. The highest BCUT2D eigenvalue weighted by Gasteiger charge is 2.19. The molecular formula is C6H14BN. The molecule has 1 nitrogen and oxygen atoms in total. The summed E-state index contributed by atoms with van der Waals surface area (Å²) in [5.41, 5.74) is 0. The summed E-state index contributed by atoms with van der Waals surface area (Å²) in [7, 11) is 0. The second-order valence-electron chi connectivity index (χ2n) is 2.58. The zero-order chi connectivity index (χ0) is 5.82. The summed E-state index contributed by atoms with van der Waals surface area (Å²) in [5.74, 6) is 0. The van der Waals surface area contributed by atoms with Crippen molar-refractivity contribution in [2.75, 3.05) is 6.54 Å². The smallest absolute Gasteiger partial charge is 0.221 e. The van der Waals surface area contributed by atoms with E-state index in [4.69, 9.17) is 0 Å². The fraction of sp³-hybridized carbons (Fsp3) is 1.00. The van der Waals surface area contributed by atoms with Crippen LogP contribution in [-0.2, 0) is 0 Å². The Morgan fingerprint density at radius 2 is 2.38 bits per heavy atom. The maximum absolute atomic E-state index is 3.38. The van der Waals surface area contributed by atoms with Crippen LogP contribution in [0.5, 0.6) is 0 Å². The van der Waals surface area contributed by atoms with E-state index in [1.807, 2.05) is 0 Å². The summed E-state index contributed by atoms with van der Waals surface area (Å²) in [6.07, 6.45) is 5.56. The van der Waals surface area contributed by atoms with E-state index in [0.29, 0.717) is 0 Å². The van der Waals surface area contributed by atoms with Crippen LogP contribution in [0.3, 0.4) is 0 Å². The summed E-state index contributed by atoms with van der Waals surface area (Å²) < 4.78 is 0. The second kappa shape index (κ2) is 3.13. The van der Waals surface area contributed by atoms with Gasteiger partial charge in [0.05, 0.1) is 0 Å². The molecule has 0 aromatic heterocycles. The molecule has 1 fully saturated rings. The third-order valence-corrected chi connectivity index (χ3v) is 1.83. The number of rotatable bonds is 3. The predicted octanol–water partition coefficient (Wildman–Crippen LogP) is 1.38. The average molecular weight is 111 g/mol. The highest BCUT2D eigenvalue weighted by Crippen LogP contribution is 2.08. The second-order valence-corrected chi connectivity index (χ2v) is 2.58. The molecule has 0 atom stereocenters. The molecule has 1 N–H and O–H groups in total. The highest BCUT2D eigenvalue weighted by molar-refractivity contribution is 6.58. The highest BCUT2D eigenvalue weighted by atomic mass is 14.8. The van der Waals surface area contributed by atoms with Gasteiger partial charge < -0.3 is 5.23 Å². The molecule has 0 amide bonds. The van der Waals surface area contributed by atoms with Crippen LogP contribution in [0.15, 0.2) is 0 Å². The lowest BCUT2D eigenvalue weighted by atomic mass is 9.50. The Hall–Kier alpha value is 0.0249. The summed E-state index contributed by atoms with van der Waals surface area (Å²) in [5, 5.41) is 3.38. The van der Waals surface area contributed by atoms with Gasteiger partial charge in [0.1, 0.15) is 0 Å². The van der Waals surface area contributed by atoms with Gasteiger partial charge >= 0.3 is 0 Å². The standard InChI is InChI=1S/C6H14BN/c1-2-3-4-7-5-6-8-7/h8H,2-6H2,1H3. The van der Waals surface area contributed by atoms with E-state index in [2.05, 4.69) is 12.2 Å². The first-order valence-electron chi connectivity index (χ1n) is 3.67. The third-order valence-electron chi connectivity index (χ3n) is 1.83. The molecule has 2 heteroatoms. The largest absolute Gasteiger partial charge is 0.356 e. The van der Waals surface area contributed by atoms with Crippen molar-refractivity contribution in [2.45, 2.75) is 32.4 Å². The lowest BCUT2D eigenvalue weighted by Crippen LogP contribution is -2.46. The fourth-order valence-electron chi connectivity index (χ4n) is 1.05. The van der Waals surface area contributed by atoms with E-state index >= 15 is 0 Å². The van der Waals surface area contributed by atoms with Gasteiger partial charge in [-0.1, -0.05) is 26.1 Å². The summed E-state index contributed by atoms with van der Waals surface area (Å²) in [4.78, 5) is 0. The SMILES string of the molecule is CCCCB1CCN1. The van der Waals surface area contributed by atoms with Crippen molar-refractivity contribution >= 4 is 6.85 Å². The molecule has 0 spiro atoms. The molecule has 1 aliphatic rings. The van der Waals surface area contributed by atoms with Crippen molar-refractivity contribution in [1.82, 2.24) is 5.23 Å². The quantitative estimate of drug-likeness (QED) is 0.542. The lowest BCUT2D eigenvalue weighted by Gasteiger charge is -2.23. The van der Waals surface area contributed by atoms with Gasteiger partial charge in [0.2, 0.25) is 6.85 Å². The average Bonchev–Trinajstić information content (AvgIpc) is 1.63. The van der Waals surface area contributed by atoms with Crippen LogP contribution in [0.4, 0.5) is 0 Å². The Bertz CT molecular complexity index is 61.5. The number of nitrogens with one attached hydrogen (secondary N) is 1. The van der Waals surface area contributed by atoms with Crippen molar-refractivity contribution in [3.63, 3.8) is 0 Å². The van der Waals surface area contributed by atoms with Crippen molar-refractivity contribution in [1.29, 1.82) is 0 Å². The number of hydrogen-bond donors (Lipinski definition) is 1. The van der Waals surface area contributed by atoms with Gasteiger partial charge in [-0.25, -0.2) is 0 Å². The van der Waals surface area contributed by atoms with Gasteiger partial charge in [-0.15, -0.1) is 0 Å². The molecule has 1 rings (SSSR count). The minimum atomic E-state index is 0.884. The molecule has 0 bridgehead atoms. The van der Waals surface area contributed by atoms with Gasteiger partial charge in [0.25, 0.3) is 0 Å². The first-order chi connectivity index (χ1) is 3.93. The summed E-state index contributed by atoms with van der Waals surface area (Å²) in [6, 6.07) is 0. The van der Waals surface area contributed by atoms with Crippen LogP contribution in [0.2, 0.25) is 12.6 Å². The molecule has 0 aromatic rings. The van der Waals surface area contributed by atoms with Gasteiger partial charge in [-0.05, 0) is 12.9 Å². The van der Waals surface area contributed by atoms with Crippen LogP contribution in [-0.4, -0.2) is 13.4 Å². The molecule has 0 aromatic carbocycles. The molecule has 0 aliphatic carbocycles. The topological polar surface area (TPSA) is 12.0 Å². The van der Waals surface area contributed by atoms with Crippen LogP contribution >= 0.6 is 0 Å². The third kappa shape index (κ3) is 1.51. The zero-order valence-electron chi connectivity index (χ0n) is 5.61. The molecule has 0 radical (unpaired) electrons. The number of hydrogen-bond acceptors (Lipinski definition) is 1. The molecule has 1 aliphatic heterocycles. The van der Waals surface area contributed by atoms with Crippen LogP contribution in [0.1, 0.15) is 19.8 Å². The fourth-order valence-corrected chi connectivity index (χ4v) is 1.05. The van der Waals surface area contributed by atoms with Crippen LogP contribution in [0.25, 0.3) is 0 Å². The van der Waals surface area contributed by atoms with Crippen LogP contribution in [0, 0.1) is 0 Å². The maximum atomic E-state index is 3.38. The summed E-state index contributed by atoms with van der Waals surface area (Å²) in [6.45, 7) is 4.39. The van der Waals surface area contributed by atoms with E-state index in [1.165, 1.54) is 32.0 Å². The first-order valence-corrected chi connectivity index (χ1v) is 3.67. The Kier molecular flexibility index (Phi) is 2.41. The van der Waals surface area contributed by atoms with E-state index in [1.54, 1.807) is 0 Å². The predicted molar refractivity (Wildman–Crippen MR) is 38.3 cm³/mol. The Morgan fingerprint density at radius 1 is 1.62 bits per heavy atom. The van der Waals surface area contributed by atoms with Gasteiger partial charge in [0.15, 0.2) is 0 Å². The minimum Gasteiger partial charge on any atom is -0.356 e. The monoisotopic (exact) mass is 111 g/mol. The van der Waals surface area contributed by atoms with E-state index in [9.17, 15) is 0 Å². The van der Waals surface area contributed by atoms with Crippen molar-refractivity contribution in [3.8, 4) is 0 Å². The van der Waals surface area contributed by atoms with Crippen molar-refractivity contribution in [2.24, 2.45) is 0 Å². The Morgan fingerprint density at radius 3 is 2.75 bits per heavy atom. The molecule has 0 unspecified atom stereocenters. The van der Waals surface area contributed by atoms with E-state index in [-0.39, 0.29) is 0 Å². The molecule has 1 heterocycles. The molecule has 46 valence electrons. The Balaban J connectivity index is 1.86. The minimum absolute atomic E-state index is 0.884. The molecule has 8 heavy (non-hydrogen) atoms. The van der Waals surface area contributed by atoms with Crippen molar-refractivity contribution in [3.05, 3.63) is 0 Å². The molecule has 0 saturated carbocycles. The first kappa shape index (κ1) is 6.15. The maximum Gasteiger partial charge on any atom is 0.221 e. The van der Waals surface area contributed by atoms with Gasteiger partial charge in [0, 0.05) is 0 Å². The van der Waals surface area contributed by atoms with E-state index in [0.717, 1.165) is 6.85 Å². The van der Waals surface area contributed by atoms with Gasteiger partial charge in [-0.3, -0.25) is 0 Å². The summed E-state index contributed by atoms with van der Waals surface area (Å²) >= 11 is 0. The molecule has 1 saturated heterocycles. The van der Waals surface area contributed by atoms with Crippen molar-refractivity contribution < 1.29 is 0 Å². The zero-order valence-corrected chi connectivity index (χ0v) is 5.61. The van der Waals surface area contributed by atoms with Crippen LogP contribution < -0.4 is 5.23 Å². The van der Waals surface area contributed by atoms with E-state index < -0.39 is 0 Å². The van der Waals surface area contributed by atoms with Gasteiger partial charge in [-0.2, -0.15) is 0 Å². The Labute approximate surface area is 52.0 Å².